The first-order valence-corrected chi connectivity index (χ1v) is 10.3. The number of halogens is 2. The number of hydrogen-bond acceptors (Lipinski definition) is 6. The van der Waals surface area contributed by atoms with Crippen LogP contribution in [0.2, 0.25) is 0 Å². The minimum atomic E-state index is -2.60. The normalized spacial score (nSPS) is 18.2. The number of anilines is 2. The van der Waals surface area contributed by atoms with Gasteiger partial charge < -0.3 is 14.7 Å². The summed E-state index contributed by atoms with van der Waals surface area (Å²) < 4.78 is 25.7. The summed E-state index contributed by atoms with van der Waals surface area (Å²) >= 11 is 0. The predicted molar refractivity (Wildman–Crippen MR) is 111 cm³/mol. The zero-order chi connectivity index (χ0) is 20.9. The van der Waals surface area contributed by atoms with Gasteiger partial charge in [-0.1, -0.05) is 18.2 Å². The number of carbonyl (C=O) groups excluding carboxylic acids is 1. The fourth-order valence-corrected chi connectivity index (χ4v) is 3.93. The van der Waals surface area contributed by atoms with Crippen molar-refractivity contribution in [2.24, 2.45) is 0 Å². The number of hydrogen-bond donors (Lipinski definition) is 0. The topological polar surface area (TPSA) is 55.8 Å². The average molecular weight is 416 g/mol. The molecule has 2 aromatic rings. The second-order valence-electron chi connectivity index (χ2n) is 7.57. The highest BCUT2D eigenvalue weighted by Crippen LogP contribution is 2.21. The van der Waals surface area contributed by atoms with E-state index in [1.54, 1.807) is 0 Å². The Morgan fingerprint density at radius 3 is 2.23 bits per heavy atom. The van der Waals surface area contributed by atoms with Crippen molar-refractivity contribution < 1.29 is 13.6 Å². The van der Waals surface area contributed by atoms with E-state index in [2.05, 4.69) is 31.9 Å². The standard InChI is InChI=1S/C21H26F2N6O/c22-21(23)18-14-19(25-16-24-18)28-8-6-26(7-9-28)15-20(30)29-12-10-27(11-13-29)17-4-2-1-3-5-17/h1-5,14,16,21H,6-13,15H2. The van der Waals surface area contributed by atoms with Gasteiger partial charge >= 0.3 is 0 Å². The average Bonchev–Trinajstić information content (AvgIpc) is 2.80. The van der Waals surface area contributed by atoms with Crippen LogP contribution in [0.1, 0.15) is 12.1 Å². The molecule has 0 bridgehead atoms. The van der Waals surface area contributed by atoms with Gasteiger partial charge in [0.15, 0.2) is 0 Å². The molecular formula is C21H26F2N6O. The molecule has 3 heterocycles. The Morgan fingerprint density at radius 2 is 1.57 bits per heavy atom. The van der Waals surface area contributed by atoms with Crippen LogP contribution in [0.15, 0.2) is 42.7 Å². The van der Waals surface area contributed by atoms with Gasteiger partial charge in [-0.15, -0.1) is 0 Å². The summed E-state index contributed by atoms with van der Waals surface area (Å²) in [6.07, 6.45) is -1.42. The van der Waals surface area contributed by atoms with Crippen molar-refractivity contribution in [3.63, 3.8) is 0 Å². The van der Waals surface area contributed by atoms with E-state index in [0.717, 1.165) is 26.2 Å². The van der Waals surface area contributed by atoms with Crippen LogP contribution in [0.3, 0.4) is 0 Å². The van der Waals surface area contributed by atoms with Gasteiger partial charge in [-0.25, -0.2) is 18.7 Å². The van der Waals surface area contributed by atoms with E-state index in [4.69, 9.17) is 0 Å². The molecule has 2 saturated heterocycles. The first-order valence-electron chi connectivity index (χ1n) is 10.3. The number of alkyl halides is 2. The van der Waals surface area contributed by atoms with E-state index in [0.29, 0.717) is 38.5 Å². The molecule has 0 N–H and O–H groups in total. The molecule has 2 aliphatic rings. The first-order chi connectivity index (χ1) is 14.6. The molecule has 1 aromatic carbocycles. The van der Waals surface area contributed by atoms with Gasteiger partial charge in [0.1, 0.15) is 17.8 Å². The largest absolute Gasteiger partial charge is 0.368 e. The molecule has 0 saturated carbocycles. The Morgan fingerprint density at radius 1 is 0.900 bits per heavy atom. The van der Waals surface area contributed by atoms with Gasteiger partial charge in [0, 0.05) is 64.1 Å². The lowest BCUT2D eigenvalue weighted by Crippen LogP contribution is -2.54. The minimum absolute atomic E-state index is 0.151. The summed E-state index contributed by atoms with van der Waals surface area (Å²) in [5.74, 6) is 0.668. The Labute approximate surface area is 174 Å². The molecular weight excluding hydrogens is 390 g/mol. The Kier molecular flexibility index (Phi) is 6.37. The number of para-hydroxylation sites is 1. The van der Waals surface area contributed by atoms with Gasteiger partial charge in [-0.2, -0.15) is 0 Å². The highest BCUT2D eigenvalue weighted by Gasteiger charge is 2.25. The van der Waals surface area contributed by atoms with Gasteiger partial charge in [-0.3, -0.25) is 9.69 Å². The minimum Gasteiger partial charge on any atom is -0.368 e. The van der Waals surface area contributed by atoms with Gasteiger partial charge in [0.05, 0.1) is 6.54 Å². The number of aromatic nitrogens is 2. The Hall–Kier alpha value is -2.81. The number of nitrogens with zero attached hydrogens (tertiary/aromatic N) is 6. The highest BCUT2D eigenvalue weighted by atomic mass is 19.3. The number of benzene rings is 1. The van der Waals surface area contributed by atoms with Crippen molar-refractivity contribution in [2.45, 2.75) is 6.43 Å². The summed E-state index contributed by atoms with van der Waals surface area (Å²) in [7, 11) is 0. The molecule has 2 fully saturated rings. The van der Waals surface area contributed by atoms with E-state index in [-0.39, 0.29) is 11.6 Å². The third-order valence-corrected chi connectivity index (χ3v) is 5.71. The lowest BCUT2D eigenvalue weighted by Gasteiger charge is -2.39. The van der Waals surface area contributed by atoms with E-state index in [9.17, 15) is 13.6 Å². The van der Waals surface area contributed by atoms with Crippen LogP contribution in [0.5, 0.6) is 0 Å². The second kappa shape index (κ2) is 9.34. The molecule has 2 aliphatic heterocycles. The predicted octanol–water partition coefficient (Wildman–Crippen LogP) is 1.88. The van der Waals surface area contributed by atoms with E-state index in [1.807, 2.05) is 28.0 Å². The lowest BCUT2D eigenvalue weighted by molar-refractivity contribution is -0.132. The molecule has 1 amide bonds. The number of carbonyl (C=O) groups is 1. The summed E-state index contributed by atoms with van der Waals surface area (Å²) in [4.78, 5) is 28.8. The second-order valence-corrected chi connectivity index (χ2v) is 7.57. The molecule has 0 atom stereocenters. The van der Waals surface area contributed by atoms with Crippen molar-refractivity contribution in [3.05, 3.63) is 48.4 Å². The van der Waals surface area contributed by atoms with E-state index in [1.165, 1.54) is 18.1 Å². The zero-order valence-corrected chi connectivity index (χ0v) is 16.8. The third-order valence-electron chi connectivity index (χ3n) is 5.71. The van der Waals surface area contributed by atoms with Gasteiger partial charge in [0.25, 0.3) is 6.43 Å². The smallest absolute Gasteiger partial charge is 0.280 e. The SMILES string of the molecule is O=C(CN1CCN(c2cc(C(F)F)ncn2)CC1)N1CCN(c2ccccc2)CC1. The molecule has 160 valence electrons. The van der Waals surface area contributed by atoms with Crippen LogP contribution in [0.25, 0.3) is 0 Å². The first kappa shape index (κ1) is 20.5. The summed E-state index contributed by atoms with van der Waals surface area (Å²) in [5.41, 5.74) is 0.938. The molecule has 4 rings (SSSR count). The van der Waals surface area contributed by atoms with Crippen LogP contribution in [-0.4, -0.2) is 84.6 Å². The molecule has 7 nitrogen and oxygen atoms in total. The lowest BCUT2D eigenvalue weighted by atomic mass is 10.2. The number of piperazine rings is 2. The summed E-state index contributed by atoms with van der Waals surface area (Å²) in [6.45, 7) is 6.21. The van der Waals surface area contributed by atoms with Crippen molar-refractivity contribution in [2.75, 3.05) is 68.7 Å². The van der Waals surface area contributed by atoms with Crippen molar-refractivity contribution in [1.29, 1.82) is 0 Å². The number of rotatable bonds is 5. The number of amides is 1. The molecule has 1 aromatic heterocycles. The molecule has 9 heteroatoms. The van der Waals surface area contributed by atoms with Crippen LogP contribution in [0, 0.1) is 0 Å². The monoisotopic (exact) mass is 416 g/mol. The maximum absolute atomic E-state index is 12.9. The molecule has 0 unspecified atom stereocenters. The van der Waals surface area contributed by atoms with Crippen LogP contribution >= 0.6 is 0 Å². The van der Waals surface area contributed by atoms with Crippen LogP contribution < -0.4 is 9.80 Å². The fourth-order valence-electron chi connectivity index (χ4n) is 3.93. The van der Waals surface area contributed by atoms with E-state index >= 15 is 0 Å². The zero-order valence-electron chi connectivity index (χ0n) is 16.8. The third kappa shape index (κ3) is 4.84. The highest BCUT2D eigenvalue weighted by molar-refractivity contribution is 5.78. The fraction of sp³-hybridized carbons (Fsp3) is 0.476. The maximum atomic E-state index is 12.9. The molecule has 0 aliphatic carbocycles. The van der Waals surface area contributed by atoms with Gasteiger partial charge in [-0.05, 0) is 12.1 Å². The summed E-state index contributed by atoms with van der Waals surface area (Å²) in [5, 5.41) is 0. The quantitative estimate of drug-likeness (QED) is 0.742. The Bertz CT molecular complexity index is 836. The van der Waals surface area contributed by atoms with Crippen molar-refractivity contribution in [3.8, 4) is 0 Å². The molecule has 0 radical (unpaired) electrons. The molecule has 0 spiro atoms. The van der Waals surface area contributed by atoms with Crippen molar-refractivity contribution in [1.82, 2.24) is 19.8 Å². The van der Waals surface area contributed by atoms with Crippen LogP contribution in [-0.2, 0) is 4.79 Å². The van der Waals surface area contributed by atoms with Gasteiger partial charge in [0.2, 0.25) is 5.91 Å². The van der Waals surface area contributed by atoms with Crippen LogP contribution in [0.4, 0.5) is 20.3 Å². The summed E-state index contributed by atoms with van der Waals surface area (Å²) in [6, 6.07) is 11.6. The maximum Gasteiger partial charge on any atom is 0.280 e. The molecule has 30 heavy (non-hydrogen) atoms. The Balaban J connectivity index is 1.23. The van der Waals surface area contributed by atoms with E-state index < -0.39 is 6.43 Å². The van der Waals surface area contributed by atoms with Crippen molar-refractivity contribution >= 4 is 17.4 Å².